The van der Waals surface area contributed by atoms with Crippen LogP contribution >= 0.6 is 0 Å². The van der Waals surface area contributed by atoms with Crippen LogP contribution in [0.5, 0.6) is 0 Å². The molecule has 1 aliphatic rings. The molecule has 7 heteroatoms. The number of amides is 2. The maximum Gasteiger partial charge on any atom is 0.407 e. The molecule has 0 heterocycles. The van der Waals surface area contributed by atoms with Crippen molar-refractivity contribution in [3.05, 3.63) is 59.7 Å². The molecule has 0 saturated carbocycles. The number of hydrogen-bond acceptors (Lipinski definition) is 4. The monoisotopic (exact) mass is 480 g/mol. The SMILES string of the molecule is CCC(C)C(NC(=O)OCC1c2ccccc2-c2ccccc21)C(=O)NC(C)C(C(=O)O)C(C)C. The first-order chi connectivity index (χ1) is 16.6. The minimum atomic E-state index is -0.961. The molecular formula is C28H36N2O5. The summed E-state index contributed by atoms with van der Waals surface area (Å²) in [4.78, 5) is 37.5. The number of alkyl carbamates (subject to hydrolysis) is 1. The number of carbonyl (C=O) groups is 3. The van der Waals surface area contributed by atoms with Crippen LogP contribution in [0.2, 0.25) is 0 Å². The van der Waals surface area contributed by atoms with E-state index in [9.17, 15) is 19.5 Å². The van der Waals surface area contributed by atoms with Gasteiger partial charge in [-0.1, -0.05) is 82.6 Å². The number of hydrogen-bond donors (Lipinski definition) is 3. The van der Waals surface area contributed by atoms with Crippen LogP contribution in [0.25, 0.3) is 11.1 Å². The van der Waals surface area contributed by atoms with Crippen molar-refractivity contribution < 1.29 is 24.2 Å². The van der Waals surface area contributed by atoms with Gasteiger partial charge in [-0.15, -0.1) is 0 Å². The first kappa shape index (κ1) is 26.3. The van der Waals surface area contributed by atoms with Gasteiger partial charge >= 0.3 is 12.1 Å². The highest BCUT2D eigenvalue weighted by Crippen LogP contribution is 2.44. The fourth-order valence-electron chi connectivity index (χ4n) is 4.95. The summed E-state index contributed by atoms with van der Waals surface area (Å²) >= 11 is 0. The van der Waals surface area contributed by atoms with Crippen LogP contribution in [0.15, 0.2) is 48.5 Å². The van der Waals surface area contributed by atoms with Gasteiger partial charge in [0.05, 0.1) is 5.92 Å². The Bertz CT molecular complexity index is 1020. The Morgan fingerprint density at radius 1 is 0.914 bits per heavy atom. The zero-order valence-electron chi connectivity index (χ0n) is 21.1. The highest BCUT2D eigenvalue weighted by Gasteiger charge is 2.34. The number of aliphatic carboxylic acids is 1. The lowest BCUT2D eigenvalue weighted by Crippen LogP contribution is -2.54. The molecule has 0 aromatic heterocycles. The molecule has 0 saturated heterocycles. The van der Waals surface area contributed by atoms with Gasteiger partial charge in [-0.25, -0.2) is 4.79 Å². The molecule has 4 atom stereocenters. The third kappa shape index (κ3) is 5.84. The van der Waals surface area contributed by atoms with Crippen molar-refractivity contribution >= 4 is 18.0 Å². The third-order valence-electron chi connectivity index (χ3n) is 7.02. The second kappa shape index (κ2) is 11.4. The molecule has 0 bridgehead atoms. The van der Waals surface area contributed by atoms with Gasteiger partial charge in [0.15, 0.2) is 0 Å². The Hall–Kier alpha value is -3.35. The highest BCUT2D eigenvalue weighted by molar-refractivity contribution is 5.87. The van der Waals surface area contributed by atoms with Gasteiger partial charge in [-0.3, -0.25) is 9.59 Å². The van der Waals surface area contributed by atoms with Crippen LogP contribution < -0.4 is 10.6 Å². The molecule has 0 aliphatic heterocycles. The van der Waals surface area contributed by atoms with Gasteiger partial charge in [0.2, 0.25) is 5.91 Å². The first-order valence-electron chi connectivity index (χ1n) is 12.3. The van der Waals surface area contributed by atoms with Crippen molar-refractivity contribution in [2.45, 2.75) is 59.0 Å². The van der Waals surface area contributed by atoms with Gasteiger partial charge < -0.3 is 20.5 Å². The van der Waals surface area contributed by atoms with Gasteiger partial charge in [0, 0.05) is 12.0 Å². The Morgan fingerprint density at radius 2 is 1.46 bits per heavy atom. The number of rotatable bonds is 10. The topological polar surface area (TPSA) is 105 Å². The molecule has 2 aromatic carbocycles. The van der Waals surface area contributed by atoms with Gasteiger partial charge in [-0.05, 0) is 41.0 Å². The Balaban J connectivity index is 1.67. The quantitative estimate of drug-likeness (QED) is 0.453. The minimum absolute atomic E-state index is 0.0774. The molecule has 4 unspecified atom stereocenters. The molecule has 7 nitrogen and oxygen atoms in total. The molecule has 2 amide bonds. The molecule has 3 rings (SSSR count). The van der Waals surface area contributed by atoms with Crippen LogP contribution in [0, 0.1) is 17.8 Å². The molecule has 0 fully saturated rings. The molecule has 2 aromatic rings. The molecule has 3 N–H and O–H groups in total. The van der Waals surface area contributed by atoms with Crippen LogP contribution in [-0.2, 0) is 14.3 Å². The molecule has 1 aliphatic carbocycles. The van der Waals surface area contributed by atoms with Crippen molar-refractivity contribution in [3.63, 3.8) is 0 Å². The highest BCUT2D eigenvalue weighted by atomic mass is 16.5. The summed E-state index contributed by atoms with van der Waals surface area (Å²) in [6, 6.07) is 14.8. The van der Waals surface area contributed by atoms with Gasteiger partial charge in [-0.2, -0.15) is 0 Å². The Kier molecular flexibility index (Phi) is 8.54. The molecule has 35 heavy (non-hydrogen) atoms. The van der Waals surface area contributed by atoms with E-state index in [0.717, 1.165) is 22.3 Å². The minimum Gasteiger partial charge on any atom is -0.481 e. The van der Waals surface area contributed by atoms with E-state index in [2.05, 4.69) is 22.8 Å². The van der Waals surface area contributed by atoms with E-state index < -0.39 is 36.0 Å². The predicted molar refractivity (Wildman–Crippen MR) is 135 cm³/mol. The molecule has 0 radical (unpaired) electrons. The lowest BCUT2D eigenvalue weighted by atomic mass is 9.89. The van der Waals surface area contributed by atoms with E-state index in [1.165, 1.54) is 0 Å². The van der Waals surface area contributed by atoms with Crippen molar-refractivity contribution in [1.29, 1.82) is 0 Å². The van der Waals surface area contributed by atoms with Crippen molar-refractivity contribution in [3.8, 4) is 11.1 Å². The summed E-state index contributed by atoms with van der Waals surface area (Å²) in [6.07, 6.45) is -0.0125. The molecule has 0 spiro atoms. The number of benzene rings is 2. The first-order valence-corrected chi connectivity index (χ1v) is 12.3. The number of carboxylic acid groups (broad SMARTS) is 1. The standard InChI is InChI=1S/C28H36N2O5/c1-6-17(4)25(26(31)29-18(5)24(16(2)3)27(32)33)30-28(34)35-15-23-21-13-9-7-11-19(21)20-12-8-10-14-22(20)23/h7-14,16-18,23-25H,6,15H2,1-5H3,(H,29,31)(H,30,34)(H,32,33). The summed E-state index contributed by atoms with van der Waals surface area (Å²) in [5, 5.41) is 15.1. The van der Waals surface area contributed by atoms with Crippen LogP contribution in [0.3, 0.4) is 0 Å². The second-order valence-corrected chi connectivity index (χ2v) is 9.74. The largest absolute Gasteiger partial charge is 0.481 e. The van der Waals surface area contributed by atoms with Crippen molar-refractivity contribution in [2.24, 2.45) is 17.8 Å². The van der Waals surface area contributed by atoms with Crippen molar-refractivity contribution in [1.82, 2.24) is 10.6 Å². The lowest BCUT2D eigenvalue weighted by molar-refractivity contribution is -0.144. The van der Waals surface area contributed by atoms with Crippen LogP contribution in [0.4, 0.5) is 4.79 Å². The molecule has 188 valence electrons. The van der Waals surface area contributed by atoms with Gasteiger partial charge in [0.1, 0.15) is 12.6 Å². The number of carbonyl (C=O) groups excluding carboxylic acids is 2. The van der Waals surface area contributed by atoms with E-state index in [4.69, 9.17) is 4.74 Å². The zero-order chi connectivity index (χ0) is 25.7. The summed E-state index contributed by atoms with van der Waals surface area (Å²) < 4.78 is 5.62. The second-order valence-electron chi connectivity index (χ2n) is 9.74. The van der Waals surface area contributed by atoms with E-state index in [1.54, 1.807) is 6.92 Å². The van der Waals surface area contributed by atoms with Crippen LogP contribution in [0.1, 0.15) is 58.1 Å². The molecular weight excluding hydrogens is 444 g/mol. The average molecular weight is 481 g/mol. The summed E-state index contributed by atoms with van der Waals surface area (Å²) in [5.41, 5.74) is 4.50. The summed E-state index contributed by atoms with van der Waals surface area (Å²) in [5.74, 6) is -2.49. The zero-order valence-corrected chi connectivity index (χ0v) is 21.1. The van der Waals surface area contributed by atoms with Crippen LogP contribution in [-0.4, -0.2) is 41.8 Å². The fourth-order valence-corrected chi connectivity index (χ4v) is 4.95. The van der Waals surface area contributed by atoms with E-state index >= 15 is 0 Å². The maximum atomic E-state index is 13.1. The number of carboxylic acids is 1. The smallest absolute Gasteiger partial charge is 0.407 e. The maximum absolute atomic E-state index is 13.1. The van der Waals surface area contributed by atoms with E-state index in [-0.39, 0.29) is 24.4 Å². The number of fused-ring (bicyclic) bond motifs is 3. The number of ether oxygens (including phenoxy) is 1. The van der Waals surface area contributed by atoms with Crippen molar-refractivity contribution in [2.75, 3.05) is 6.61 Å². The van der Waals surface area contributed by atoms with E-state index in [0.29, 0.717) is 6.42 Å². The predicted octanol–water partition coefficient (Wildman–Crippen LogP) is 4.80. The Labute approximate surface area is 207 Å². The normalized spacial score (nSPS) is 15.9. The lowest BCUT2D eigenvalue weighted by Gasteiger charge is -2.29. The number of nitrogens with one attached hydrogen (secondary N) is 2. The third-order valence-corrected chi connectivity index (χ3v) is 7.02. The van der Waals surface area contributed by atoms with E-state index in [1.807, 2.05) is 64.1 Å². The summed E-state index contributed by atoms with van der Waals surface area (Å²) in [6.45, 7) is 9.25. The fraction of sp³-hybridized carbons (Fsp3) is 0.464. The summed E-state index contributed by atoms with van der Waals surface area (Å²) in [7, 11) is 0. The average Bonchev–Trinajstić information content (AvgIpc) is 3.13. The Morgan fingerprint density at radius 3 is 1.94 bits per heavy atom. The van der Waals surface area contributed by atoms with Gasteiger partial charge in [0.25, 0.3) is 0 Å².